The summed E-state index contributed by atoms with van der Waals surface area (Å²) in [6, 6.07) is 0. The van der Waals surface area contributed by atoms with Crippen LogP contribution in [-0.4, -0.2) is 66.1 Å². The average molecular weight is 258 g/mol. The van der Waals surface area contributed by atoms with Crippen LogP contribution in [0.15, 0.2) is 0 Å². The second kappa shape index (κ2) is 7.34. The van der Waals surface area contributed by atoms with Crippen molar-refractivity contribution in [2.24, 2.45) is 0 Å². The van der Waals surface area contributed by atoms with Gasteiger partial charge in [-0.3, -0.25) is 4.57 Å². The van der Waals surface area contributed by atoms with Gasteiger partial charge in [0.2, 0.25) is 0 Å². The SMILES string of the molecule is CN(C)P(=O)(N(C)C)N(C)C.N#P(O)O. The molecule has 0 aliphatic carbocycles. The number of hydrogen-bond donors (Lipinski definition) is 2. The smallest absolute Gasteiger partial charge is 0.303 e. The third-order valence-electron chi connectivity index (χ3n) is 1.56. The topological polar surface area (TPSA) is 91.0 Å². The van der Waals surface area contributed by atoms with Gasteiger partial charge >= 0.3 is 8.01 Å². The molecule has 0 aliphatic rings. The van der Waals surface area contributed by atoms with Gasteiger partial charge in [0.05, 0.1) is 0 Å². The average Bonchev–Trinajstić information content (AvgIpc) is 2.00. The van der Waals surface area contributed by atoms with Crippen LogP contribution < -0.4 is 0 Å². The first-order valence-electron chi connectivity index (χ1n) is 4.07. The number of hydrogen-bond acceptors (Lipinski definition) is 4. The lowest BCUT2D eigenvalue weighted by atomic mass is 11.2. The monoisotopic (exact) mass is 258 g/mol. The van der Waals surface area contributed by atoms with E-state index in [1.165, 1.54) is 0 Å². The van der Waals surface area contributed by atoms with Crippen molar-refractivity contribution in [2.75, 3.05) is 42.3 Å². The Morgan fingerprint density at radius 1 is 0.933 bits per heavy atom. The van der Waals surface area contributed by atoms with Gasteiger partial charge in [0.15, 0.2) is 0 Å². The fraction of sp³-hybridized carbons (Fsp3) is 1.00. The van der Waals surface area contributed by atoms with Gasteiger partial charge in [0, 0.05) is 0 Å². The molecule has 7 nitrogen and oxygen atoms in total. The van der Waals surface area contributed by atoms with Crippen molar-refractivity contribution in [3.8, 4) is 0 Å². The summed E-state index contributed by atoms with van der Waals surface area (Å²) < 4.78 is 17.3. The molecule has 15 heavy (non-hydrogen) atoms. The fourth-order valence-corrected chi connectivity index (χ4v) is 3.22. The quantitative estimate of drug-likeness (QED) is 0.714. The Morgan fingerprint density at radius 2 is 1.07 bits per heavy atom. The Hall–Kier alpha value is 0.0400. The molecule has 0 amide bonds. The van der Waals surface area contributed by atoms with E-state index in [9.17, 15) is 4.57 Å². The van der Waals surface area contributed by atoms with Crippen molar-refractivity contribution >= 4 is 15.6 Å². The van der Waals surface area contributed by atoms with Crippen molar-refractivity contribution in [2.45, 2.75) is 0 Å². The van der Waals surface area contributed by atoms with E-state index in [2.05, 4.69) is 0 Å². The van der Waals surface area contributed by atoms with Gasteiger partial charge in [0.1, 0.15) is 0 Å². The molecule has 0 aromatic rings. The van der Waals surface area contributed by atoms with E-state index < -0.39 is 15.6 Å². The third-order valence-corrected chi connectivity index (χ3v) is 4.69. The highest BCUT2D eigenvalue weighted by atomic mass is 31.2. The van der Waals surface area contributed by atoms with E-state index in [0.29, 0.717) is 0 Å². The molecule has 0 saturated heterocycles. The highest BCUT2D eigenvalue weighted by Crippen LogP contribution is 2.50. The summed E-state index contributed by atoms with van der Waals surface area (Å²) in [5.41, 5.74) is 0. The highest BCUT2D eigenvalue weighted by molar-refractivity contribution is 7.56. The molecule has 0 saturated carbocycles. The van der Waals surface area contributed by atoms with Crippen molar-refractivity contribution < 1.29 is 14.4 Å². The highest BCUT2D eigenvalue weighted by Gasteiger charge is 2.30. The molecule has 9 heteroatoms. The Bertz CT molecular complexity index is 249. The molecule has 0 atom stereocenters. The summed E-state index contributed by atoms with van der Waals surface area (Å²) in [6.45, 7) is 0. The van der Waals surface area contributed by atoms with Crippen LogP contribution >= 0.6 is 15.6 Å². The van der Waals surface area contributed by atoms with Gasteiger partial charge in [-0.25, -0.2) is 14.0 Å². The maximum absolute atomic E-state index is 12.1. The second-order valence-electron chi connectivity index (χ2n) is 3.32. The Labute approximate surface area is 91.9 Å². The summed E-state index contributed by atoms with van der Waals surface area (Å²) in [5, 5.41) is 7.23. The second-order valence-corrected chi connectivity index (χ2v) is 7.29. The largest absolute Gasteiger partial charge is 0.331 e. The zero-order chi connectivity index (χ0) is 12.8. The van der Waals surface area contributed by atoms with Crippen LogP contribution in [0.1, 0.15) is 0 Å². The predicted octanol–water partition coefficient (Wildman–Crippen LogP) is 0.542. The summed E-state index contributed by atoms with van der Waals surface area (Å²) in [5.74, 6) is 0. The molecule has 0 radical (unpaired) electrons. The first-order valence-corrected chi connectivity index (χ1v) is 6.83. The lowest BCUT2D eigenvalue weighted by molar-refractivity contribution is 0.383. The summed E-state index contributed by atoms with van der Waals surface area (Å²) >= 11 is 0. The first kappa shape index (κ1) is 17.4. The molecular weight excluding hydrogens is 238 g/mol. The fourth-order valence-electron chi connectivity index (χ4n) is 1.07. The Balaban J connectivity index is 0. The minimum atomic E-state index is -2.62. The van der Waals surface area contributed by atoms with Crippen LogP contribution in [0.5, 0.6) is 0 Å². The van der Waals surface area contributed by atoms with Crippen molar-refractivity contribution in [3.05, 3.63) is 0 Å². The van der Waals surface area contributed by atoms with E-state index in [1.54, 1.807) is 14.0 Å². The zero-order valence-corrected chi connectivity index (χ0v) is 11.8. The zero-order valence-electron chi connectivity index (χ0n) is 9.99. The van der Waals surface area contributed by atoms with Crippen LogP contribution in [0, 0.1) is 5.00 Å². The van der Waals surface area contributed by atoms with Crippen LogP contribution in [-0.2, 0) is 4.57 Å². The Kier molecular flexibility index (Phi) is 8.53. The van der Waals surface area contributed by atoms with Gasteiger partial charge in [0.25, 0.3) is 7.59 Å². The third kappa shape index (κ3) is 6.25. The molecular formula is C6H20N4O3P2. The molecule has 0 aromatic heterocycles. The normalized spacial score (nSPS) is 11.6. The molecule has 0 rings (SSSR count). The van der Waals surface area contributed by atoms with E-state index in [4.69, 9.17) is 14.8 Å². The van der Waals surface area contributed by atoms with Gasteiger partial charge in [-0.2, -0.15) is 5.00 Å². The van der Waals surface area contributed by atoms with Gasteiger partial charge in [-0.05, 0) is 42.3 Å². The minimum Gasteiger partial charge on any atom is -0.303 e. The van der Waals surface area contributed by atoms with Gasteiger partial charge in [-0.15, -0.1) is 0 Å². The van der Waals surface area contributed by atoms with E-state index in [0.717, 1.165) is 0 Å². The van der Waals surface area contributed by atoms with Crippen molar-refractivity contribution in [1.29, 1.82) is 5.00 Å². The van der Waals surface area contributed by atoms with Gasteiger partial charge in [-0.1, -0.05) is 0 Å². The molecule has 92 valence electrons. The van der Waals surface area contributed by atoms with Crippen LogP contribution in [0.3, 0.4) is 0 Å². The van der Waals surface area contributed by atoms with Gasteiger partial charge < -0.3 is 9.79 Å². The maximum atomic E-state index is 12.1. The summed E-state index contributed by atoms with van der Waals surface area (Å²) in [4.78, 5) is 14.5. The summed E-state index contributed by atoms with van der Waals surface area (Å²) in [6.07, 6.45) is 0. The number of rotatable bonds is 3. The van der Waals surface area contributed by atoms with E-state index in [-0.39, 0.29) is 0 Å². The molecule has 0 fully saturated rings. The molecule has 0 aromatic carbocycles. The molecule has 0 spiro atoms. The standard InChI is InChI=1S/C6H18N3OP.H2NO2P/c1-7(2)11(10,8(3)4)9(5)6;1-4(2)3/h1-6H3;2-3H. The maximum Gasteiger partial charge on any atom is 0.331 e. The van der Waals surface area contributed by atoms with Crippen molar-refractivity contribution in [1.82, 2.24) is 14.0 Å². The first-order chi connectivity index (χ1) is 6.56. The lowest BCUT2D eigenvalue weighted by Gasteiger charge is -2.34. The molecule has 0 unspecified atom stereocenters. The lowest BCUT2D eigenvalue weighted by Crippen LogP contribution is -2.30. The van der Waals surface area contributed by atoms with E-state index in [1.807, 2.05) is 42.3 Å². The predicted molar refractivity (Wildman–Crippen MR) is 61.8 cm³/mol. The van der Waals surface area contributed by atoms with E-state index >= 15 is 0 Å². The van der Waals surface area contributed by atoms with Crippen molar-refractivity contribution in [3.63, 3.8) is 0 Å². The molecule has 0 aliphatic heterocycles. The number of nitrogens with zero attached hydrogens (tertiary/aromatic N) is 4. The van der Waals surface area contributed by atoms with Crippen LogP contribution in [0.4, 0.5) is 0 Å². The molecule has 0 bridgehead atoms. The Morgan fingerprint density at radius 3 is 1.07 bits per heavy atom. The molecule has 0 heterocycles. The minimum absolute atomic E-state index is 1.74. The van der Waals surface area contributed by atoms with Crippen LogP contribution in [0.25, 0.3) is 0 Å². The summed E-state index contributed by atoms with van der Waals surface area (Å²) in [7, 11) is 5.87. The van der Waals surface area contributed by atoms with Crippen LogP contribution in [0.2, 0.25) is 0 Å². The molecule has 2 N–H and O–H groups in total.